The quantitative estimate of drug-likeness (QED) is 0.775. The first-order valence-electron chi connectivity index (χ1n) is 6.51. The number of anilines is 1. The van der Waals surface area contributed by atoms with Crippen molar-refractivity contribution in [1.82, 2.24) is 0 Å². The van der Waals surface area contributed by atoms with Gasteiger partial charge in [-0.25, -0.2) is 0 Å². The lowest BCUT2D eigenvalue weighted by Crippen LogP contribution is -2.22. The van der Waals surface area contributed by atoms with Crippen LogP contribution in [0.5, 0.6) is 0 Å². The molecule has 0 saturated heterocycles. The Morgan fingerprint density at radius 2 is 2.32 bits per heavy atom. The Hall–Kier alpha value is -1.59. The zero-order chi connectivity index (χ0) is 13.8. The summed E-state index contributed by atoms with van der Waals surface area (Å²) in [5, 5.41) is 21.4. The number of aliphatic hydroxyl groups excluding tert-OH is 1. The van der Waals surface area contributed by atoms with Gasteiger partial charge in [-0.15, -0.1) is 0 Å². The first kappa shape index (κ1) is 13.8. The Morgan fingerprint density at radius 3 is 3.00 bits per heavy atom. The number of aryl methyl sites for hydroxylation is 1. The molecule has 0 aliphatic carbocycles. The van der Waals surface area contributed by atoms with E-state index in [1.165, 1.54) is 0 Å². The van der Waals surface area contributed by atoms with E-state index >= 15 is 0 Å². The third-order valence-electron chi connectivity index (χ3n) is 3.24. The van der Waals surface area contributed by atoms with Crippen molar-refractivity contribution >= 4 is 11.7 Å². The van der Waals surface area contributed by atoms with Crippen LogP contribution in [0.25, 0.3) is 0 Å². The number of aliphatic carboxylic acids is 1. The standard InChI is InChI=1S/C14H19NO4/c1-2-12-10-7-9(4-6-14(17)18)3-5-11(10)15-13(16)8-19-12/h3,5,7,12-13,15-16H,2,4,6,8H2,1H3,(H,17,18). The van der Waals surface area contributed by atoms with Crippen molar-refractivity contribution in [2.24, 2.45) is 0 Å². The molecular formula is C14H19NO4. The summed E-state index contributed by atoms with van der Waals surface area (Å²) in [7, 11) is 0. The Morgan fingerprint density at radius 1 is 1.53 bits per heavy atom. The number of fused-ring (bicyclic) bond motifs is 1. The van der Waals surface area contributed by atoms with Crippen LogP contribution in [0.4, 0.5) is 5.69 Å². The first-order valence-corrected chi connectivity index (χ1v) is 6.51. The Labute approximate surface area is 112 Å². The minimum atomic E-state index is -0.799. The molecule has 0 bridgehead atoms. The van der Waals surface area contributed by atoms with E-state index in [0.717, 1.165) is 23.2 Å². The Bertz CT molecular complexity index is 461. The van der Waals surface area contributed by atoms with Crippen molar-refractivity contribution in [1.29, 1.82) is 0 Å². The SMILES string of the molecule is CCC1OCC(O)Nc2ccc(CCC(=O)O)cc21. The molecule has 2 rings (SSSR count). The van der Waals surface area contributed by atoms with Gasteiger partial charge in [-0.05, 0) is 24.5 Å². The highest BCUT2D eigenvalue weighted by molar-refractivity contribution is 5.67. The average molecular weight is 265 g/mol. The normalized spacial score (nSPS) is 22.2. The summed E-state index contributed by atoms with van der Waals surface area (Å²) in [5.74, 6) is -0.799. The molecule has 2 unspecified atom stereocenters. The molecule has 104 valence electrons. The Balaban J connectivity index is 2.24. The van der Waals surface area contributed by atoms with Gasteiger partial charge in [0.2, 0.25) is 0 Å². The summed E-state index contributed by atoms with van der Waals surface area (Å²) >= 11 is 0. The summed E-state index contributed by atoms with van der Waals surface area (Å²) in [6.07, 6.45) is 0.655. The van der Waals surface area contributed by atoms with E-state index in [0.29, 0.717) is 6.42 Å². The Kier molecular flexibility index (Phi) is 4.39. The zero-order valence-electron chi connectivity index (χ0n) is 10.9. The molecule has 1 aromatic rings. The second kappa shape index (κ2) is 6.04. The zero-order valence-corrected chi connectivity index (χ0v) is 10.9. The lowest BCUT2D eigenvalue weighted by Gasteiger charge is -2.16. The van der Waals surface area contributed by atoms with Gasteiger partial charge in [0.05, 0.1) is 12.7 Å². The predicted molar refractivity (Wildman–Crippen MR) is 71.0 cm³/mol. The number of aliphatic hydroxyl groups is 1. The van der Waals surface area contributed by atoms with Crippen LogP contribution in [0, 0.1) is 0 Å². The molecular weight excluding hydrogens is 246 g/mol. The van der Waals surface area contributed by atoms with Crippen LogP contribution in [0.3, 0.4) is 0 Å². The predicted octanol–water partition coefficient (Wildman–Crippen LogP) is 1.92. The molecule has 0 amide bonds. The molecule has 19 heavy (non-hydrogen) atoms. The van der Waals surface area contributed by atoms with E-state index in [9.17, 15) is 9.90 Å². The van der Waals surface area contributed by atoms with Crippen LogP contribution >= 0.6 is 0 Å². The van der Waals surface area contributed by atoms with E-state index in [1.54, 1.807) is 0 Å². The van der Waals surface area contributed by atoms with Crippen molar-refractivity contribution in [2.45, 2.75) is 38.5 Å². The van der Waals surface area contributed by atoms with Crippen LogP contribution in [0.15, 0.2) is 18.2 Å². The van der Waals surface area contributed by atoms with Gasteiger partial charge in [-0.3, -0.25) is 4.79 Å². The summed E-state index contributed by atoms with van der Waals surface area (Å²) in [6.45, 7) is 2.27. The number of carbonyl (C=O) groups is 1. The summed E-state index contributed by atoms with van der Waals surface area (Å²) < 4.78 is 5.64. The average Bonchev–Trinajstić information content (AvgIpc) is 2.54. The lowest BCUT2D eigenvalue weighted by atomic mass is 9.99. The van der Waals surface area contributed by atoms with Gasteiger partial charge in [-0.1, -0.05) is 19.1 Å². The van der Waals surface area contributed by atoms with Crippen molar-refractivity contribution in [3.05, 3.63) is 29.3 Å². The highest BCUT2D eigenvalue weighted by atomic mass is 16.5. The van der Waals surface area contributed by atoms with Crippen LogP contribution in [-0.4, -0.2) is 29.0 Å². The largest absolute Gasteiger partial charge is 0.481 e. The monoisotopic (exact) mass is 265 g/mol. The minimum Gasteiger partial charge on any atom is -0.481 e. The molecule has 1 aliphatic heterocycles. The van der Waals surface area contributed by atoms with Crippen molar-refractivity contribution < 1.29 is 19.7 Å². The number of carboxylic acid groups (broad SMARTS) is 1. The number of hydrogen-bond donors (Lipinski definition) is 3. The summed E-state index contributed by atoms with van der Waals surface area (Å²) in [5.41, 5.74) is 2.82. The number of nitrogens with one attached hydrogen (secondary N) is 1. The van der Waals surface area contributed by atoms with E-state index in [4.69, 9.17) is 9.84 Å². The number of ether oxygens (including phenoxy) is 1. The highest BCUT2D eigenvalue weighted by Crippen LogP contribution is 2.32. The van der Waals surface area contributed by atoms with E-state index in [1.807, 2.05) is 25.1 Å². The molecule has 5 nitrogen and oxygen atoms in total. The van der Waals surface area contributed by atoms with Crippen LogP contribution in [0.1, 0.15) is 37.0 Å². The lowest BCUT2D eigenvalue weighted by molar-refractivity contribution is -0.136. The van der Waals surface area contributed by atoms with Gasteiger partial charge < -0.3 is 20.3 Å². The van der Waals surface area contributed by atoms with Gasteiger partial charge in [0.15, 0.2) is 0 Å². The number of hydrogen-bond acceptors (Lipinski definition) is 4. The van der Waals surface area contributed by atoms with Crippen molar-refractivity contribution in [2.75, 3.05) is 11.9 Å². The molecule has 1 aliphatic rings. The number of benzene rings is 1. The molecule has 3 N–H and O–H groups in total. The number of carboxylic acids is 1. The molecule has 1 heterocycles. The molecule has 0 spiro atoms. The fraction of sp³-hybridized carbons (Fsp3) is 0.500. The molecule has 0 radical (unpaired) electrons. The molecule has 0 aromatic heterocycles. The molecule has 2 atom stereocenters. The second-order valence-corrected chi connectivity index (χ2v) is 4.71. The van der Waals surface area contributed by atoms with Crippen LogP contribution < -0.4 is 5.32 Å². The van der Waals surface area contributed by atoms with E-state index < -0.39 is 12.2 Å². The van der Waals surface area contributed by atoms with Gasteiger partial charge in [-0.2, -0.15) is 0 Å². The maximum Gasteiger partial charge on any atom is 0.303 e. The van der Waals surface area contributed by atoms with Crippen molar-refractivity contribution in [3.63, 3.8) is 0 Å². The maximum atomic E-state index is 10.6. The van der Waals surface area contributed by atoms with E-state index in [-0.39, 0.29) is 19.1 Å². The van der Waals surface area contributed by atoms with Crippen LogP contribution in [-0.2, 0) is 16.0 Å². The van der Waals surface area contributed by atoms with Crippen LogP contribution in [0.2, 0.25) is 0 Å². The fourth-order valence-corrected chi connectivity index (χ4v) is 2.27. The maximum absolute atomic E-state index is 10.6. The van der Waals surface area contributed by atoms with Gasteiger partial charge >= 0.3 is 5.97 Å². The molecule has 0 saturated carbocycles. The molecule has 5 heteroatoms. The van der Waals surface area contributed by atoms with Crippen molar-refractivity contribution in [3.8, 4) is 0 Å². The summed E-state index contributed by atoms with van der Waals surface area (Å²) in [4.78, 5) is 10.6. The van der Waals surface area contributed by atoms with Gasteiger partial charge in [0.25, 0.3) is 0 Å². The number of rotatable bonds is 4. The third-order valence-corrected chi connectivity index (χ3v) is 3.24. The second-order valence-electron chi connectivity index (χ2n) is 4.71. The topological polar surface area (TPSA) is 78.8 Å². The molecule has 0 fully saturated rings. The summed E-state index contributed by atoms with van der Waals surface area (Å²) in [6, 6.07) is 5.74. The molecule has 1 aromatic carbocycles. The van der Waals surface area contributed by atoms with Gasteiger partial charge in [0, 0.05) is 17.7 Å². The highest BCUT2D eigenvalue weighted by Gasteiger charge is 2.21. The minimum absolute atomic E-state index is 0.0653. The smallest absolute Gasteiger partial charge is 0.303 e. The third kappa shape index (κ3) is 3.45. The first-order chi connectivity index (χ1) is 9.10. The van der Waals surface area contributed by atoms with E-state index in [2.05, 4.69) is 5.32 Å². The fourth-order valence-electron chi connectivity index (χ4n) is 2.27. The van der Waals surface area contributed by atoms with Gasteiger partial charge in [0.1, 0.15) is 6.23 Å².